The molecule has 0 aromatic rings. The molecule has 0 bridgehead atoms. The fourth-order valence-corrected chi connectivity index (χ4v) is 4.21. The number of hydrogen-bond donors (Lipinski definition) is 0. The molecule has 0 unspecified atom stereocenters. The highest BCUT2D eigenvalue weighted by molar-refractivity contribution is 8.00. The van der Waals surface area contributed by atoms with Crippen LogP contribution in [0.4, 0.5) is 0 Å². The summed E-state index contributed by atoms with van der Waals surface area (Å²) < 4.78 is 11.3. The smallest absolute Gasteiger partial charge is 0.330 e. The minimum atomic E-state index is -1.70. The van der Waals surface area contributed by atoms with E-state index in [4.69, 9.17) is 9.16 Å². The van der Waals surface area contributed by atoms with Crippen LogP contribution in [0.1, 0.15) is 66.7 Å². The minimum Gasteiger partial charge on any atom is -0.463 e. The van der Waals surface area contributed by atoms with Crippen molar-refractivity contribution in [2.24, 2.45) is 0 Å². The Kier molecular flexibility index (Phi) is 12.9. The maximum absolute atomic E-state index is 11.6. The van der Waals surface area contributed by atoms with Crippen LogP contribution in [0.25, 0.3) is 0 Å². The highest BCUT2D eigenvalue weighted by Crippen LogP contribution is 2.36. The van der Waals surface area contributed by atoms with Crippen LogP contribution in [0, 0.1) is 0 Å². The van der Waals surface area contributed by atoms with Crippen LogP contribution in [-0.4, -0.2) is 38.5 Å². The Labute approximate surface area is 161 Å². The fourth-order valence-electron chi connectivity index (χ4n) is 2.02. The number of rotatable bonds is 13. The third-order valence-electron chi connectivity index (χ3n) is 4.73. The topological polar surface area (TPSA) is 35.5 Å². The van der Waals surface area contributed by atoms with Crippen molar-refractivity contribution < 1.29 is 14.0 Å². The summed E-state index contributed by atoms with van der Waals surface area (Å²) in [6.07, 6.45) is 9.62. The van der Waals surface area contributed by atoms with Gasteiger partial charge in [-0.1, -0.05) is 53.0 Å². The quantitative estimate of drug-likeness (QED) is 0.163. The van der Waals surface area contributed by atoms with Crippen LogP contribution in [0.3, 0.4) is 0 Å². The van der Waals surface area contributed by atoms with Gasteiger partial charge in [-0.3, -0.25) is 0 Å². The van der Waals surface area contributed by atoms with Gasteiger partial charge in [-0.2, -0.15) is 11.8 Å². The molecule has 0 fully saturated rings. The van der Waals surface area contributed by atoms with E-state index in [9.17, 15) is 4.79 Å². The Morgan fingerprint density at radius 2 is 1.84 bits per heavy atom. The van der Waals surface area contributed by atoms with Gasteiger partial charge in [-0.15, -0.1) is 0 Å². The van der Waals surface area contributed by atoms with Crippen LogP contribution in [0.2, 0.25) is 18.1 Å². The average Bonchev–Trinajstić information content (AvgIpc) is 2.50. The number of thioether (sulfide) groups is 1. The molecule has 0 heterocycles. The molecule has 0 N–H and O–H groups in total. The number of carbonyl (C=O) groups is 1. The van der Waals surface area contributed by atoms with E-state index in [-0.39, 0.29) is 11.0 Å². The van der Waals surface area contributed by atoms with Crippen LogP contribution in [0.15, 0.2) is 12.2 Å². The molecular weight excluding hydrogens is 348 g/mol. The lowest BCUT2D eigenvalue weighted by Gasteiger charge is -2.36. The van der Waals surface area contributed by atoms with Crippen molar-refractivity contribution in [1.82, 2.24) is 0 Å². The molecule has 0 radical (unpaired) electrons. The summed E-state index contributed by atoms with van der Waals surface area (Å²) in [5.74, 6) is 0.891. The largest absolute Gasteiger partial charge is 0.463 e. The SMILES string of the molecule is CCCCCCS[C@H](/C=C/C(=O)OCC)CCO[Si](C)(C)C(C)(C)C. The van der Waals surface area contributed by atoms with E-state index >= 15 is 0 Å². The Balaban J connectivity index is 4.49. The van der Waals surface area contributed by atoms with Crippen LogP contribution >= 0.6 is 11.8 Å². The van der Waals surface area contributed by atoms with Crippen molar-refractivity contribution in [2.75, 3.05) is 19.0 Å². The molecule has 0 rings (SSSR count). The first-order valence-electron chi connectivity index (χ1n) is 9.74. The van der Waals surface area contributed by atoms with Crippen LogP contribution < -0.4 is 0 Å². The second-order valence-corrected chi connectivity index (χ2v) is 14.1. The van der Waals surface area contributed by atoms with E-state index in [2.05, 4.69) is 40.8 Å². The van der Waals surface area contributed by atoms with E-state index < -0.39 is 8.32 Å². The molecule has 0 aliphatic heterocycles. The second kappa shape index (κ2) is 13.0. The zero-order chi connectivity index (χ0) is 19.3. The third kappa shape index (κ3) is 11.9. The summed E-state index contributed by atoms with van der Waals surface area (Å²) in [6.45, 7) is 16.6. The van der Waals surface area contributed by atoms with Crippen molar-refractivity contribution in [3.63, 3.8) is 0 Å². The first-order valence-corrected chi connectivity index (χ1v) is 13.7. The number of unbranched alkanes of at least 4 members (excludes halogenated alkanes) is 3. The van der Waals surface area contributed by atoms with Crippen molar-refractivity contribution in [3.05, 3.63) is 12.2 Å². The van der Waals surface area contributed by atoms with E-state index in [1.54, 1.807) is 6.08 Å². The molecule has 0 amide bonds. The van der Waals surface area contributed by atoms with Crippen molar-refractivity contribution >= 4 is 26.0 Å². The van der Waals surface area contributed by atoms with Crippen LogP contribution in [0.5, 0.6) is 0 Å². The summed E-state index contributed by atoms with van der Waals surface area (Å²) in [5, 5.41) is 0.548. The molecule has 0 aromatic heterocycles. The molecule has 3 nitrogen and oxygen atoms in total. The molecule has 0 aliphatic rings. The number of ether oxygens (including phenoxy) is 1. The highest BCUT2D eigenvalue weighted by atomic mass is 32.2. The predicted octanol–water partition coefficient (Wildman–Crippen LogP) is 6.20. The maximum Gasteiger partial charge on any atom is 0.330 e. The lowest BCUT2D eigenvalue weighted by molar-refractivity contribution is -0.137. The number of carbonyl (C=O) groups excluding carboxylic acids is 1. The van der Waals surface area contributed by atoms with Gasteiger partial charge in [0.2, 0.25) is 0 Å². The maximum atomic E-state index is 11.6. The lowest BCUT2D eigenvalue weighted by Crippen LogP contribution is -2.41. The molecule has 0 saturated carbocycles. The Morgan fingerprint density at radius 3 is 2.40 bits per heavy atom. The molecule has 1 atom stereocenters. The molecule has 0 aromatic carbocycles. The summed E-state index contributed by atoms with van der Waals surface area (Å²) in [4.78, 5) is 11.6. The van der Waals surface area contributed by atoms with Gasteiger partial charge in [0.15, 0.2) is 8.32 Å². The molecule has 0 saturated heterocycles. The van der Waals surface area contributed by atoms with Gasteiger partial charge < -0.3 is 9.16 Å². The lowest BCUT2D eigenvalue weighted by atomic mass is 10.2. The molecular formula is C20H40O3SSi. The second-order valence-electron chi connectivity index (χ2n) is 7.98. The van der Waals surface area contributed by atoms with Crippen molar-refractivity contribution in [1.29, 1.82) is 0 Å². The number of hydrogen-bond acceptors (Lipinski definition) is 4. The summed E-state index contributed by atoms with van der Waals surface area (Å²) in [7, 11) is -1.70. The van der Waals surface area contributed by atoms with Gasteiger partial charge in [0.25, 0.3) is 0 Å². The van der Waals surface area contributed by atoms with Gasteiger partial charge in [0, 0.05) is 17.9 Å². The summed E-state index contributed by atoms with van der Waals surface area (Å²) >= 11 is 1.93. The van der Waals surface area contributed by atoms with Crippen molar-refractivity contribution in [2.45, 2.75) is 90.1 Å². The Bertz CT molecular complexity index is 389. The average molecular weight is 389 g/mol. The first-order chi connectivity index (χ1) is 11.6. The fraction of sp³-hybridized carbons (Fsp3) is 0.850. The van der Waals surface area contributed by atoms with Gasteiger partial charge in [0.05, 0.1) is 6.61 Å². The highest BCUT2D eigenvalue weighted by Gasteiger charge is 2.36. The molecule has 0 spiro atoms. The molecule has 5 heteroatoms. The predicted molar refractivity (Wildman–Crippen MR) is 114 cm³/mol. The minimum absolute atomic E-state index is 0.233. The van der Waals surface area contributed by atoms with E-state index in [1.807, 2.05) is 24.8 Å². The zero-order valence-electron chi connectivity index (χ0n) is 17.5. The zero-order valence-corrected chi connectivity index (χ0v) is 19.3. The monoisotopic (exact) mass is 388 g/mol. The Morgan fingerprint density at radius 1 is 1.16 bits per heavy atom. The van der Waals surface area contributed by atoms with E-state index in [0.29, 0.717) is 11.9 Å². The summed E-state index contributed by atoms with van der Waals surface area (Å²) in [6, 6.07) is 0. The molecule has 25 heavy (non-hydrogen) atoms. The van der Waals surface area contributed by atoms with Gasteiger partial charge in [0.1, 0.15) is 0 Å². The third-order valence-corrected chi connectivity index (χ3v) is 10.6. The van der Waals surface area contributed by atoms with Crippen molar-refractivity contribution in [3.8, 4) is 0 Å². The normalized spacial score (nSPS) is 14.0. The van der Waals surface area contributed by atoms with Gasteiger partial charge in [-0.25, -0.2) is 4.79 Å². The van der Waals surface area contributed by atoms with E-state index in [1.165, 1.54) is 25.7 Å². The first kappa shape index (κ1) is 24.7. The van der Waals surface area contributed by atoms with Gasteiger partial charge in [-0.05, 0) is 43.7 Å². The molecule has 148 valence electrons. The Hall–Kier alpha value is -0.263. The summed E-state index contributed by atoms with van der Waals surface area (Å²) in [5.41, 5.74) is 0. The standard InChI is InChI=1S/C20H40O3SSi/c1-8-10-11-12-17-24-18(13-14-19(21)22-9-2)15-16-23-25(6,7)20(3,4)5/h13-14,18H,8-12,15-17H2,1-7H3/b14-13+/t18-/m1/s1. The van der Waals surface area contributed by atoms with Crippen LogP contribution in [-0.2, 0) is 14.0 Å². The van der Waals surface area contributed by atoms with Gasteiger partial charge >= 0.3 is 5.97 Å². The van der Waals surface area contributed by atoms with E-state index in [0.717, 1.165) is 18.8 Å². The molecule has 0 aliphatic carbocycles. The number of esters is 1.